The molecular weight excluding hydrogens is 275 g/mol. The maximum absolute atomic E-state index is 14.1. The van der Waals surface area contributed by atoms with Gasteiger partial charge in [0, 0.05) is 19.0 Å². The fourth-order valence-electron chi connectivity index (χ4n) is 1.81. The lowest BCUT2D eigenvalue weighted by Crippen LogP contribution is -2.39. The molecule has 0 bridgehead atoms. The Bertz CT molecular complexity index is 642. The van der Waals surface area contributed by atoms with E-state index in [1.165, 1.54) is 17.9 Å². The van der Waals surface area contributed by atoms with Crippen LogP contribution in [0.4, 0.5) is 10.1 Å². The van der Waals surface area contributed by atoms with Crippen LogP contribution in [-0.4, -0.2) is 35.4 Å². The maximum Gasteiger partial charge on any atom is 0.243 e. The molecule has 1 aromatic heterocycles. The van der Waals surface area contributed by atoms with Gasteiger partial charge in [-0.2, -0.15) is 5.10 Å². The third-order valence-electron chi connectivity index (χ3n) is 2.86. The lowest BCUT2D eigenvalue weighted by molar-refractivity contribution is -0.118. The van der Waals surface area contributed by atoms with Gasteiger partial charge in [-0.25, -0.2) is 9.07 Å². The SMILES string of the molecule is COCC(N)C(=O)Nc1ccc(-n2cc(C)cn2)c(F)c1. The Kier molecular flexibility index (Phi) is 4.66. The molecule has 0 saturated heterocycles. The molecule has 0 spiro atoms. The van der Waals surface area contributed by atoms with Gasteiger partial charge in [0.15, 0.2) is 5.82 Å². The number of aryl methyl sites for hydroxylation is 1. The molecule has 1 atom stereocenters. The highest BCUT2D eigenvalue weighted by Gasteiger charge is 2.14. The normalized spacial score (nSPS) is 12.2. The molecule has 1 aromatic carbocycles. The number of aromatic nitrogens is 2. The van der Waals surface area contributed by atoms with Gasteiger partial charge in [0.2, 0.25) is 5.91 Å². The van der Waals surface area contributed by atoms with E-state index in [2.05, 4.69) is 10.4 Å². The minimum atomic E-state index is -0.800. The van der Waals surface area contributed by atoms with E-state index >= 15 is 0 Å². The molecule has 21 heavy (non-hydrogen) atoms. The number of hydrogen-bond acceptors (Lipinski definition) is 4. The van der Waals surface area contributed by atoms with E-state index in [4.69, 9.17) is 10.5 Å². The lowest BCUT2D eigenvalue weighted by Gasteiger charge is -2.12. The molecule has 1 heterocycles. The molecule has 0 aliphatic rings. The summed E-state index contributed by atoms with van der Waals surface area (Å²) in [6.07, 6.45) is 3.35. The highest BCUT2D eigenvalue weighted by molar-refractivity contribution is 5.94. The molecule has 7 heteroatoms. The minimum absolute atomic E-state index is 0.0962. The number of benzene rings is 1. The van der Waals surface area contributed by atoms with Crippen LogP contribution < -0.4 is 11.1 Å². The number of nitrogens with zero attached hydrogens (tertiary/aromatic N) is 2. The average molecular weight is 292 g/mol. The molecule has 112 valence electrons. The summed E-state index contributed by atoms with van der Waals surface area (Å²) in [6.45, 7) is 1.96. The molecule has 3 N–H and O–H groups in total. The van der Waals surface area contributed by atoms with Crippen molar-refractivity contribution in [2.45, 2.75) is 13.0 Å². The van der Waals surface area contributed by atoms with Crippen molar-refractivity contribution >= 4 is 11.6 Å². The van der Waals surface area contributed by atoms with Gasteiger partial charge in [-0.3, -0.25) is 4.79 Å². The number of anilines is 1. The Labute approximate surface area is 121 Å². The van der Waals surface area contributed by atoms with Crippen molar-refractivity contribution in [2.24, 2.45) is 5.73 Å². The van der Waals surface area contributed by atoms with Gasteiger partial charge in [-0.05, 0) is 30.7 Å². The second-order valence-electron chi connectivity index (χ2n) is 4.68. The van der Waals surface area contributed by atoms with Crippen molar-refractivity contribution in [1.29, 1.82) is 0 Å². The number of amides is 1. The van der Waals surface area contributed by atoms with E-state index < -0.39 is 17.8 Å². The molecular formula is C14H17FN4O2. The third-order valence-corrected chi connectivity index (χ3v) is 2.86. The summed E-state index contributed by atoms with van der Waals surface area (Å²) in [7, 11) is 1.45. The van der Waals surface area contributed by atoms with Gasteiger partial charge < -0.3 is 15.8 Å². The van der Waals surface area contributed by atoms with E-state index in [0.717, 1.165) is 5.56 Å². The molecule has 0 aliphatic heterocycles. The largest absolute Gasteiger partial charge is 0.383 e. The summed E-state index contributed by atoms with van der Waals surface area (Å²) in [5.41, 5.74) is 7.16. The predicted octanol–water partition coefficient (Wildman–Crippen LogP) is 1.23. The van der Waals surface area contributed by atoms with Gasteiger partial charge in [0.1, 0.15) is 11.7 Å². The van der Waals surface area contributed by atoms with Crippen molar-refractivity contribution in [2.75, 3.05) is 19.0 Å². The zero-order valence-corrected chi connectivity index (χ0v) is 11.8. The summed E-state index contributed by atoms with van der Waals surface area (Å²) >= 11 is 0. The second kappa shape index (κ2) is 6.47. The molecule has 0 aliphatic carbocycles. The van der Waals surface area contributed by atoms with E-state index in [0.29, 0.717) is 11.4 Å². The highest BCUT2D eigenvalue weighted by atomic mass is 19.1. The summed E-state index contributed by atoms with van der Waals surface area (Å²) in [6, 6.07) is 3.56. The quantitative estimate of drug-likeness (QED) is 0.868. The number of methoxy groups -OCH3 is 1. The molecule has 2 rings (SSSR count). The Morgan fingerprint density at radius 1 is 1.57 bits per heavy atom. The van der Waals surface area contributed by atoms with Gasteiger partial charge in [-0.1, -0.05) is 0 Å². The molecule has 0 saturated carbocycles. The number of halogens is 1. The Morgan fingerprint density at radius 3 is 2.90 bits per heavy atom. The van der Waals surface area contributed by atoms with Crippen LogP contribution in [0.15, 0.2) is 30.6 Å². The van der Waals surface area contributed by atoms with Crippen LogP contribution in [0.5, 0.6) is 0 Å². The van der Waals surface area contributed by atoms with Crippen molar-refractivity contribution < 1.29 is 13.9 Å². The fourth-order valence-corrected chi connectivity index (χ4v) is 1.81. The van der Waals surface area contributed by atoms with Crippen LogP contribution in [0, 0.1) is 12.7 Å². The zero-order chi connectivity index (χ0) is 15.4. The summed E-state index contributed by atoms with van der Waals surface area (Å²) < 4.78 is 20.3. The Balaban J connectivity index is 2.14. The van der Waals surface area contributed by atoms with E-state index in [-0.39, 0.29) is 6.61 Å². The first kappa shape index (κ1) is 15.1. The lowest BCUT2D eigenvalue weighted by atomic mass is 10.2. The van der Waals surface area contributed by atoms with Crippen molar-refractivity contribution in [3.63, 3.8) is 0 Å². The molecule has 6 nitrogen and oxygen atoms in total. The van der Waals surface area contributed by atoms with Gasteiger partial charge in [-0.15, -0.1) is 0 Å². The monoisotopic (exact) mass is 292 g/mol. The number of rotatable bonds is 5. The smallest absolute Gasteiger partial charge is 0.243 e. The third kappa shape index (κ3) is 3.65. The molecule has 2 aromatic rings. The molecule has 0 radical (unpaired) electrons. The first-order chi connectivity index (χ1) is 10.0. The Morgan fingerprint density at radius 2 is 2.33 bits per heavy atom. The number of hydrogen-bond donors (Lipinski definition) is 2. The van der Waals surface area contributed by atoms with E-state index in [9.17, 15) is 9.18 Å². The first-order valence-corrected chi connectivity index (χ1v) is 6.38. The number of carbonyl (C=O) groups is 1. The van der Waals surface area contributed by atoms with Crippen LogP contribution in [-0.2, 0) is 9.53 Å². The summed E-state index contributed by atoms with van der Waals surface area (Å²) in [5, 5.41) is 6.58. The molecule has 0 fully saturated rings. The number of carbonyl (C=O) groups excluding carboxylic acids is 1. The number of ether oxygens (including phenoxy) is 1. The van der Waals surface area contributed by atoms with Crippen molar-refractivity contribution in [1.82, 2.24) is 9.78 Å². The second-order valence-corrected chi connectivity index (χ2v) is 4.68. The maximum atomic E-state index is 14.1. The zero-order valence-electron chi connectivity index (χ0n) is 11.8. The van der Waals surface area contributed by atoms with Crippen LogP contribution in [0.25, 0.3) is 5.69 Å². The highest BCUT2D eigenvalue weighted by Crippen LogP contribution is 2.18. The van der Waals surface area contributed by atoms with Crippen molar-refractivity contribution in [3.05, 3.63) is 42.0 Å². The van der Waals surface area contributed by atoms with Crippen LogP contribution in [0.1, 0.15) is 5.56 Å². The molecule has 1 amide bonds. The number of nitrogens with one attached hydrogen (secondary N) is 1. The van der Waals surface area contributed by atoms with Crippen LogP contribution >= 0.6 is 0 Å². The topological polar surface area (TPSA) is 82.2 Å². The van der Waals surface area contributed by atoms with Crippen molar-refractivity contribution in [3.8, 4) is 5.69 Å². The summed E-state index contributed by atoms with van der Waals surface area (Å²) in [5.74, 6) is -0.921. The Hall–Kier alpha value is -2.25. The van der Waals surface area contributed by atoms with E-state index in [1.54, 1.807) is 24.5 Å². The van der Waals surface area contributed by atoms with Gasteiger partial charge in [0.25, 0.3) is 0 Å². The van der Waals surface area contributed by atoms with Gasteiger partial charge in [0.05, 0.1) is 12.8 Å². The first-order valence-electron chi connectivity index (χ1n) is 6.38. The van der Waals surface area contributed by atoms with E-state index in [1.807, 2.05) is 6.92 Å². The number of nitrogens with two attached hydrogens (primary N) is 1. The average Bonchev–Trinajstić information content (AvgIpc) is 2.85. The van der Waals surface area contributed by atoms with Gasteiger partial charge >= 0.3 is 0 Å². The predicted molar refractivity (Wildman–Crippen MR) is 76.7 cm³/mol. The van der Waals surface area contributed by atoms with Crippen LogP contribution in [0.3, 0.4) is 0 Å². The standard InChI is InChI=1S/C14H17FN4O2/c1-9-6-17-19(7-9)13-4-3-10(5-11(13)15)18-14(20)12(16)8-21-2/h3-7,12H,8,16H2,1-2H3,(H,18,20). The molecule has 1 unspecified atom stereocenters. The fraction of sp³-hybridized carbons (Fsp3) is 0.286. The minimum Gasteiger partial charge on any atom is -0.383 e. The summed E-state index contributed by atoms with van der Waals surface area (Å²) in [4.78, 5) is 11.7. The van der Waals surface area contributed by atoms with Crippen LogP contribution in [0.2, 0.25) is 0 Å².